The molecule has 3 rings (SSSR count). The number of nitrogens with zero attached hydrogens (tertiary/aromatic N) is 3. The van der Waals surface area contributed by atoms with Gasteiger partial charge in [0.1, 0.15) is 23.3 Å². The van der Waals surface area contributed by atoms with E-state index in [1.54, 1.807) is 24.3 Å². The maximum Gasteiger partial charge on any atom is 0.227 e. The van der Waals surface area contributed by atoms with E-state index in [9.17, 15) is 13.6 Å². The minimum atomic E-state index is -0.596. The molecule has 0 aliphatic rings. The number of carbonyl (C=O) groups is 1. The highest BCUT2D eigenvalue weighted by molar-refractivity contribution is 5.76. The second-order valence-electron chi connectivity index (χ2n) is 6.07. The zero-order chi connectivity index (χ0) is 20.6. The summed E-state index contributed by atoms with van der Waals surface area (Å²) < 4.78 is 31.6. The van der Waals surface area contributed by atoms with Gasteiger partial charge >= 0.3 is 0 Å². The Bertz CT molecular complexity index is 1030. The van der Waals surface area contributed by atoms with Crippen LogP contribution in [0.25, 0.3) is 11.4 Å². The summed E-state index contributed by atoms with van der Waals surface area (Å²) in [6.45, 7) is 0.629. The molecule has 1 heterocycles. The zero-order valence-corrected chi connectivity index (χ0v) is 15.3. The van der Waals surface area contributed by atoms with Gasteiger partial charge in [-0.3, -0.25) is 4.79 Å². The van der Waals surface area contributed by atoms with E-state index in [0.29, 0.717) is 36.1 Å². The van der Waals surface area contributed by atoms with E-state index in [1.807, 2.05) is 0 Å². The Labute approximate surface area is 165 Å². The van der Waals surface area contributed by atoms with E-state index in [4.69, 9.17) is 9.78 Å². The molecule has 9 heteroatoms. The smallest absolute Gasteiger partial charge is 0.227 e. The molecule has 148 valence electrons. The van der Waals surface area contributed by atoms with Gasteiger partial charge in [-0.2, -0.15) is 10.2 Å². The van der Waals surface area contributed by atoms with Crippen molar-refractivity contribution in [3.05, 3.63) is 65.6 Å². The predicted octanol–water partition coefficient (Wildman–Crippen LogP) is 3.05. The van der Waals surface area contributed by atoms with Crippen LogP contribution >= 0.6 is 0 Å². The number of nitrogens with one attached hydrogen (secondary N) is 2. The molecule has 1 aromatic heterocycles. The first kappa shape index (κ1) is 19.9. The number of halogens is 2. The number of amides is 1. The number of anilines is 1. The van der Waals surface area contributed by atoms with Crippen molar-refractivity contribution < 1.29 is 18.1 Å². The summed E-state index contributed by atoms with van der Waals surface area (Å²) in [4.78, 5) is 16.1. The third kappa shape index (κ3) is 5.35. The SMILES string of the molecule is N#Cc1c(F)cccc1NCCNC(=O)CCc1nc(-c2ccc(F)cc2)no1. The lowest BCUT2D eigenvalue weighted by Gasteiger charge is -2.09. The summed E-state index contributed by atoms with van der Waals surface area (Å²) in [5, 5.41) is 18.4. The van der Waals surface area contributed by atoms with Gasteiger partial charge in [0.05, 0.1) is 5.69 Å². The second kappa shape index (κ2) is 9.41. The lowest BCUT2D eigenvalue weighted by Crippen LogP contribution is -2.29. The Balaban J connectivity index is 1.41. The number of hydrogen-bond donors (Lipinski definition) is 2. The maximum atomic E-state index is 13.5. The second-order valence-corrected chi connectivity index (χ2v) is 6.07. The molecule has 0 aliphatic heterocycles. The van der Waals surface area contributed by atoms with Crippen molar-refractivity contribution in [2.24, 2.45) is 0 Å². The summed E-state index contributed by atoms with van der Waals surface area (Å²) in [6, 6.07) is 11.8. The average molecular weight is 397 g/mol. The predicted molar refractivity (Wildman–Crippen MR) is 101 cm³/mol. The number of benzene rings is 2. The Morgan fingerprint density at radius 1 is 1.14 bits per heavy atom. The van der Waals surface area contributed by atoms with Crippen LogP contribution in [0.15, 0.2) is 47.0 Å². The van der Waals surface area contributed by atoms with E-state index < -0.39 is 5.82 Å². The Kier molecular flexibility index (Phi) is 6.47. The number of rotatable bonds is 8. The number of hydrogen-bond acceptors (Lipinski definition) is 6. The largest absolute Gasteiger partial charge is 0.382 e. The van der Waals surface area contributed by atoms with Crippen molar-refractivity contribution in [1.82, 2.24) is 15.5 Å². The van der Waals surface area contributed by atoms with Gasteiger partial charge < -0.3 is 15.2 Å². The van der Waals surface area contributed by atoms with Gasteiger partial charge in [-0.05, 0) is 36.4 Å². The molecule has 0 saturated heterocycles. The lowest BCUT2D eigenvalue weighted by molar-refractivity contribution is -0.121. The molecule has 2 N–H and O–H groups in total. The van der Waals surface area contributed by atoms with Crippen molar-refractivity contribution in [2.45, 2.75) is 12.8 Å². The summed E-state index contributed by atoms with van der Waals surface area (Å²) >= 11 is 0. The minimum Gasteiger partial charge on any atom is -0.382 e. The molecular weight excluding hydrogens is 380 g/mol. The first-order valence-corrected chi connectivity index (χ1v) is 8.84. The van der Waals surface area contributed by atoms with Crippen molar-refractivity contribution >= 4 is 11.6 Å². The molecule has 3 aromatic rings. The van der Waals surface area contributed by atoms with Crippen molar-refractivity contribution in [3.8, 4) is 17.5 Å². The highest BCUT2D eigenvalue weighted by Gasteiger charge is 2.11. The number of aromatic nitrogens is 2. The van der Waals surface area contributed by atoms with Crippen LogP contribution in [-0.2, 0) is 11.2 Å². The summed E-state index contributed by atoms with van der Waals surface area (Å²) in [5.74, 6) is -0.539. The molecule has 0 bridgehead atoms. The molecule has 7 nitrogen and oxygen atoms in total. The van der Waals surface area contributed by atoms with Gasteiger partial charge in [0, 0.05) is 31.5 Å². The van der Waals surface area contributed by atoms with Crippen LogP contribution in [0.2, 0.25) is 0 Å². The van der Waals surface area contributed by atoms with Crippen LogP contribution in [0.3, 0.4) is 0 Å². The Morgan fingerprint density at radius 2 is 1.93 bits per heavy atom. The van der Waals surface area contributed by atoms with E-state index in [0.717, 1.165) is 0 Å². The Morgan fingerprint density at radius 3 is 2.69 bits per heavy atom. The average Bonchev–Trinajstić information content (AvgIpc) is 3.19. The fourth-order valence-electron chi connectivity index (χ4n) is 2.57. The Hall–Kier alpha value is -3.80. The monoisotopic (exact) mass is 397 g/mol. The van der Waals surface area contributed by atoms with Crippen LogP contribution in [0, 0.1) is 23.0 Å². The van der Waals surface area contributed by atoms with Crippen molar-refractivity contribution in [1.29, 1.82) is 5.26 Å². The topological polar surface area (TPSA) is 104 Å². The molecule has 0 spiro atoms. The van der Waals surface area contributed by atoms with E-state index in [1.165, 1.54) is 24.3 Å². The molecule has 0 atom stereocenters. The molecule has 0 radical (unpaired) electrons. The molecule has 1 amide bonds. The standard InChI is InChI=1S/C20H17F2N5O2/c21-14-6-4-13(5-7-14)20-26-19(29-27-20)9-8-18(28)25-11-10-24-17-3-1-2-16(22)15(17)12-23/h1-7,24H,8-11H2,(H,25,28). The van der Waals surface area contributed by atoms with Crippen LogP contribution in [0.5, 0.6) is 0 Å². The van der Waals surface area contributed by atoms with Crippen LogP contribution < -0.4 is 10.6 Å². The minimum absolute atomic E-state index is 0.0628. The molecule has 29 heavy (non-hydrogen) atoms. The number of aryl methyl sites for hydroxylation is 1. The summed E-state index contributed by atoms with van der Waals surface area (Å²) in [5.41, 5.74) is 0.930. The fourth-order valence-corrected chi connectivity index (χ4v) is 2.57. The highest BCUT2D eigenvalue weighted by Crippen LogP contribution is 2.18. The summed E-state index contributed by atoms with van der Waals surface area (Å²) in [6.07, 6.45) is 0.407. The van der Waals surface area contributed by atoms with E-state index in [-0.39, 0.29) is 30.1 Å². The van der Waals surface area contributed by atoms with Gasteiger partial charge in [0.2, 0.25) is 17.6 Å². The van der Waals surface area contributed by atoms with Crippen molar-refractivity contribution in [3.63, 3.8) is 0 Å². The molecule has 0 saturated carbocycles. The third-order valence-corrected chi connectivity index (χ3v) is 4.02. The van der Waals surface area contributed by atoms with Gasteiger partial charge in [0.25, 0.3) is 0 Å². The van der Waals surface area contributed by atoms with Gasteiger partial charge in [-0.15, -0.1) is 0 Å². The highest BCUT2D eigenvalue weighted by atomic mass is 19.1. The normalized spacial score (nSPS) is 10.4. The van der Waals surface area contributed by atoms with Gasteiger partial charge in [-0.1, -0.05) is 11.2 Å². The van der Waals surface area contributed by atoms with Crippen molar-refractivity contribution in [2.75, 3.05) is 18.4 Å². The molecule has 0 unspecified atom stereocenters. The number of carbonyl (C=O) groups excluding carboxylic acids is 1. The first-order chi connectivity index (χ1) is 14.1. The zero-order valence-electron chi connectivity index (χ0n) is 15.3. The van der Waals surface area contributed by atoms with E-state index >= 15 is 0 Å². The fraction of sp³-hybridized carbons (Fsp3) is 0.200. The quantitative estimate of drug-likeness (QED) is 0.566. The third-order valence-electron chi connectivity index (χ3n) is 4.02. The van der Waals surface area contributed by atoms with E-state index in [2.05, 4.69) is 20.8 Å². The lowest BCUT2D eigenvalue weighted by atomic mass is 10.2. The number of nitriles is 1. The van der Waals surface area contributed by atoms with Crippen LogP contribution in [-0.4, -0.2) is 29.1 Å². The van der Waals surface area contributed by atoms with Crippen LogP contribution in [0.4, 0.5) is 14.5 Å². The summed E-state index contributed by atoms with van der Waals surface area (Å²) in [7, 11) is 0. The van der Waals surface area contributed by atoms with Gasteiger partial charge in [0.15, 0.2) is 0 Å². The molecule has 2 aromatic carbocycles. The van der Waals surface area contributed by atoms with Crippen LogP contribution in [0.1, 0.15) is 17.9 Å². The molecule has 0 aliphatic carbocycles. The maximum absolute atomic E-state index is 13.5. The van der Waals surface area contributed by atoms with Gasteiger partial charge in [-0.25, -0.2) is 8.78 Å². The first-order valence-electron chi connectivity index (χ1n) is 8.84. The molecular formula is C20H17F2N5O2. The molecule has 0 fully saturated rings.